The van der Waals surface area contributed by atoms with Gasteiger partial charge in [0.1, 0.15) is 5.57 Å². The van der Waals surface area contributed by atoms with Crippen LogP contribution in [0.25, 0.3) is 0 Å². The van der Waals surface area contributed by atoms with Crippen LogP contribution in [0.4, 0.5) is 0 Å². The molecule has 0 aromatic rings. The Labute approximate surface area is 95.2 Å². The third-order valence-corrected chi connectivity index (χ3v) is 1.80. The van der Waals surface area contributed by atoms with Crippen LogP contribution in [0.5, 0.6) is 0 Å². The van der Waals surface area contributed by atoms with Crippen LogP contribution in [-0.4, -0.2) is 26.2 Å². The number of carbonyl (C=O) groups is 2. The molecule has 0 rings (SSSR count). The van der Waals surface area contributed by atoms with Crippen LogP contribution in [-0.2, 0) is 19.1 Å². The molecule has 0 aliphatic heterocycles. The zero-order valence-corrected chi connectivity index (χ0v) is 9.99. The maximum absolute atomic E-state index is 11.4. The van der Waals surface area contributed by atoms with Crippen molar-refractivity contribution < 1.29 is 19.1 Å². The lowest BCUT2D eigenvalue weighted by Gasteiger charge is -2.15. The fourth-order valence-electron chi connectivity index (χ4n) is 1.10. The molecule has 0 fully saturated rings. The minimum absolute atomic E-state index is 0.137. The van der Waals surface area contributed by atoms with Gasteiger partial charge in [0.25, 0.3) is 0 Å². The van der Waals surface area contributed by atoms with Crippen molar-refractivity contribution in [3.63, 3.8) is 0 Å². The van der Waals surface area contributed by atoms with E-state index in [1.165, 1.54) is 20.3 Å². The molecule has 0 aromatic heterocycles. The maximum atomic E-state index is 11.4. The molecule has 0 spiro atoms. The van der Waals surface area contributed by atoms with E-state index >= 15 is 0 Å². The fraction of sp³-hybridized carbons (Fsp3) is 0.417. The first kappa shape index (κ1) is 14.2. The quantitative estimate of drug-likeness (QED) is 0.239. The second-order valence-electron chi connectivity index (χ2n) is 3.71. The van der Waals surface area contributed by atoms with Crippen molar-refractivity contribution in [2.24, 2.45) is 5.41 Å². The van der Waals surface area contributed by atoms with Crippen LogP contribution in [0.15, 0.2) is 30.0 Å². The van der Waals surface area contributed by atoms with Crippen LogP contribution in [0, 0.1) is 5.41 Å². The SMILES string of the molecule is C=C=CC(C)(C)C=C(C(=O)OC)C(=O)OC. The molecule has 0 bridgehead atoms. The number of methoxy groups -OCH3 is 2. The van der Waals surface area contributed by atoms with Gasteiger partial charge in [0.15, 0.2) is 0 Å². The molecule has 88 valence electrons. The van der Waals surface area contributed by atoms with Gasteiger partial charge in [-0.1, -0.05) is 26.5 Å². The molecule has 0 amide bonds. The number of carbonyl (C=O) groups excluding carboxylic acids is 2. The molecule has 0 aliphatic rings. The summed E-state index contributed by atoms with van der Waals surface area (Å²) in [5, 5.41) is 0. The van der Waals surface area contributed by atoms with Gasteiger partial charge in [0, 0.05) is 5.41 Å². The Morgan fingerprint density at radius 1 is 1.19 bits per heavy atom. The summed E-state index contributed by atoms with van der Waals surface area (Å²) in [6, 6.07) is 0. The molecule has 0 radical (unpaired) electrons. The Kier molecular flexibility index (Phi) is 5.26. The van der Waals surface area contributed by atoms with E-state index in [4.69, 9.17) is 0 Å². The van der Waals surface area contributed by atoms with Crippen LogP contribution in [0.3, 0.4) is 0 Å². The summed E-state index contributed by atoms with van der Waals surface area (Å²) in [6.45, 7) is 7.05. The Morgan fingerprint density at radius 2 is 1.62 bits per heavy atom. The monoisotopic (exact) mass is 224 g/mol. The third kappa shape index (κ3) is 4.15. The molecule has 0 aromatic carbocycles. The van der Waals surface area contributed by atoms with Gasteiger partial charge in [-0.05, 0) is 6.08 Å². The molecule has 0 heterocycles. The van der Waals surface area contributed by atoms with Crippen molar-refractivity contribution in [2.45, 2.75) is 13.8 Å². The first-order chi connectivity index (χ1) is 7.37. The summed E-state index contributed by atoms with van der Waals surface area (Å²) in [5.74, 6) is -1.45. The summed E-state index contributed by atoms with van der Waals surface area (Å²) in [4.78, 5) is 22.7. The van der Waals surface area contributed by atoms with E-state index in [1.807, 2.05) is 0 Å². The number of rotatable bonds is 4. The van der Waals surface area contributed by atoms with Gasteiger partial charge < -0.3 is 9.47 Å². The molecule has 4 nitrogen and oxygen atoms in total. The van der Waals surface area contributed by atoms with E-state index in [0.717, 1.165) is 0 Å². The number of esters is 2. The smallest absolute Gasteiger partial charge is 0.344 e. The highest BCUT2D eigenvalue weighted by atomic mass is 16.5. The summed E-state index contributed by atoms with van der Waals surface area (Å²) in [7, 11) is 2.41. The molecule has 16 heavy (non-hydrogen) atoms. The van der Waals surface area contributed by atoms with Crippen molar-refractivity contribution in [1.29, 1.82) is 0 Å². The van der Waals surface area contributed by atoms with Gasteiger partial charge >= 0.3 is 11.9 Å². The van der Waals surface area contributed by atoms with E-state index in [2.05, 4.69) is 21.8 Å². The zero-order valence-electron chi connectivity index (χ0n) is 9.99. The summed E-state index contributed by atoms with van der Waals surface area (Å²) < 4.78 is 9.00. The van der Waals surface area contributed by atoms with Gasteiger partial charge in [0.2, 0.25) is 0 Å². The molecule has 0 N–H and O–H groups in total. The second-order valence-corrected chi connectivity index (χ2v) is 3.71. The topological polar surface area (TPSA) is 52.6 Å². The first-order valence-corrected chi connectivity index (χ1v) is 4.64. The minimum Gasteiger partial charge on any atom is -0.465 e. The number of ether oxygens (including phenoxy) is 2. The van der Waals surface area contributed by atoms with E-state index in [0.29, 0.717) is 0 Å². The van der Waals surface area contributed by atoms with E-state index in [1.54, 1.807) is 19.9 Å². The number of allylic oxidation sites excluding steroid dienone is 2. The van der Waals surface area contributed by atoms with Gasteiger partial charge in [-0.2, -0.15) is 0 Å². The van der Waals surface area contributed by atoms with Gasteiger partial charge in [-0.3, -0.25) is 0 Å². The number of hydrogen-bond donors (Lipinski definition) is 0. The first-order valence-electron chi connectivity index (χ1n) is 4.64. The largest absolute Gasteiger partial charge is 0.465 e. The summed E-state index contributed by atoms with van der Waals surface area (Å²) in [5.41, 5.74) is 1.94. The van der Waals surface area contributed by atoms with Crippen molar-refractivity contribution >= 4 is 11.9 Å². The van der Waals surface area contributed by atoms with Gasteiger partial charge in [-0.25, -0.2) is 9.59 Å². The zero-order chi connectivity index (χ0) is 12.8. The predicted molar refractivity (Wildman–Crippen MR) is 59.6 cm³/mol. The lowest BCUT2D eigenvalue weighted by molar-refractivity contribution is -0.144. The highest BCUT2D eigenvalue weighted by Crippen LogP contribution is 2.21. The Bertz CT molecular complexity index is 339. The lowest BCUT2D eigenvalue weighted by Crippen LogP contribution is -2.19. The third-order valence-electron chi connectivity index (χ3n) is 1.80. The molecule has 0 unspecified atom stereocenters. The molecular formula is C12H16O4. The highest BCUT2D eigenvalue weighted by Gasteiger charge is 2.23. The van der Waals surface area contributed by atoms with Crippen LogP contribution in [0.2, 0.25) is 0 Å². The standard InChI is InChI=1S/C12H16O4/c1-6-7-12(2,3)8-9(10(13)15-4)11(14)16-5/h7-8H,1H2,2-5H3. The van der Waals surface area contributed by atoms with Crippen molar-refractivity contribution in [3.05, 3.63) is 30.0 Å². The lowest BCUT2D eigenvalue weighted by atomic mass is 9.90. The summed E-state index contributed by atoms with van der Waals surface area (Å²) in [6.07, 6.45) is 3.10. The molecule has 4 heteroatoms. The Hall–Kier alpha value is -1.80. The van der Waals surface area contributed by atoms with E-state index in [9.17, 15) is 9.59 Å². The molecular weight excluding hydrogens is 208 g/mol. The van der Waals surface area contributed by atoms with Gasteiger partial charge in [-0.15, -0.1) is 5.73 Å². The van der Waals surface area contributed by atoms with E-state index in [-0.39, 0.29) is 5.57 Å². The molecule has 0 saturated carbocycles. The van der Waals surface area contributed by atoms with Crippen molar-refractivity contribution in [3.8, 4) is 0 Å². The van der Waals surface area contributed by atoms with Crippen LogP contribution >= 0.6 is 0 Å². The van der Waals surface area contributed by atoms with Crippen molar-refractivity contribution in [2.75, 3.05) is 14.2 Å². The normalized spacial score (nSPS) is 9.75. The molecule has 0 saturated heterocycles. The summed E-state index contributed by atoms with van der Waals surface area (Å²) >= 11 is 0. The number of hydrogen-bond acceptors (Lipinski definition) is 4. The Morgan fingerprint density at radius 3 is 1.94 bits per heavy atom. The average molecular weight is 224 g/mol. The van der Waals surface area contributed by atoms with E-state index < -0.39 is 17.4 Å². The minimum atomic E-state index is -0.725. The predicted octanol–water partition coefficient (Wildman–Crippen LogP) is 1.63. The second kappa shape index (κ2) is 5.93. The van der Waals surface area contributed by atoms with Gasteiger partial charge in [0.05, 0.1) is 14.2 Å². The maximum Gasteiger partial charge on any atom is 0.344 e. The van der Waals surface area contributed by atoms with Crippen molar-refractivity contribution in [1.82, 2.24) is 0 Å². The fourth-order valence-corrected chi connectivity index (χ4v) is 1.10. The molecule has 0 atom stereocenters. The molecule has 0 aliphatic carbocycles. The average Bonchev–Trinajstić information content (AvgIpc) is 2.23. The van der Waals surface area contributed by atoms with Crippen LogP contribution in [0.1, 0.15) is 13.8 Å². The van der Waals surface area contributed by atoms with Crippen LogP contribution < -0.4 is 0 Å². The Balaban J connectivity index is 5.34. The highest BCUT2D eigenvalue weighted by molar-refractivity contribution is 6.14.